The van der Waals surface area contributed by atoms with Crippen molar-refractivity contribution in [3.05, 3.63) is 36.0 Å². The fourth-order valence-electron chi connectivity index (χ4n) is 3.10. The van der Waals surface area contributed by atoms with Gasteiger partial charge in [-0.3, -0.25) is 9.59 Å². The van der Waals surface area contributed by atoms with Crippen LogP contribution in [0.3, 0.4) is 0 Å². The first-order valence-corrected chi connectivity index (χ1v) is 7.91. The number of hydrogen-bond acceptors (Lipinski definition) is 3. The van der Waals surface area contributed by atoms with E-state index < -0.39 is 6.04 Å². The lowest BCUT2D eigenvalue weighted by Gasteiger charge is -2.35. The Morgan fingerprint density at radius 2 is 1.83 bits per heavy atom. The highest BCUT2D eigenvalue weighted by Gasteiger charge is 2.26. The second-order valence-corrected chi connectivity index (χ2v) is 6.00. The number of aromatic amines is 1. The third kappa shape index (κ3) is 3.22. The number of nitrogens with two attached hydrogens (primary N) is 1. The molecule has 2 aromatic rings. The van der Waals surface area contributed by atoms with Crippen molar-refractivity contribution in [2.45, 2.75) is 19.4 Å². The van der Waals surface area contributed by atoms with Crippen molar-refractivity contribution in [2.24, 2.45) is 5.73 Å². The predicted molar refractivity (Wildman–Crippen MR) is 88.8 cm³/mol. The Morgan fingerprint density at radius 3 is 2.52 bits per heavy atom. The van der Waals surface area contributed by atoms with Gasteiger partial charge in [-0.15, -0.1) is 0 Å². The molecule has 1 atom stereocenters. The normalized spacial score (nSPS) is 16.6. The number of amides is 2. The molecule has 1 fully saturated rings. The number of aromatic nitrogens is 1. The molecule has 3 rings (SSSR count). The summed E-state index contributed by atoms with van der Waals surface area (Å²) in [6, 6.07) is 7.44. The third-order valence-electron chi connectivity index (χ3n) is 4.47. The van der Waals surface area contributed by atoms with E-state index in [1.807, 2.05) is 30.5 Å². The Labute approximate surface area is 135 Å². The van der Waals surface area contributed by atoms with Crippen LogP contribution in [0.5, 0.6) is 0 Å². The van der Waals surface area contributed by atoms with Crippen LogP contribution in [0.4, 0.5) is 0 Å². The van der Waals surface area contributed by atoms with Crippen LogP contribution >= 0.6 is 0 Å². The molecule has 0 aliphatic carbocycles. The van der Waals surface area contributed by atoms with E-state index in [9.17, 15) is 9.59 Å². The van der Waals surface area contributed by atoms with Gasteiger partial charge in [0.1, 0.15) is 0 Å². The van der Waals surface area contributed by atoms with Gasteiger partial charge in [-0.1, -0.05) is 18.2 Å². The largest absolute Gasteiger partial charge is 0.361 e. The van der Waals surface area contributed by atoms with Gasteiger partial charge in [0, 0.05) is 50.2 Å². The fourth-order valence-corrected chi connectivity index (χ4v) is 3.10. The standard InChI is InChI=1S/C17H22N4O2/c1-12(22)20-6-8-21(9-7-20)17(23)15(18)10-13-11-19-16-5-3-2-4-14(13)16/h2-5,11,15,19H,6-10,18H2,1H3/t15-/m0/s1. The summed E-state index contributed by atoms with van der Waals surface area (Å²) in [5, 5.41) is 1.11. The summed E-state index contributed by atoms with van der Waals surface area (Å²) >= 11 is 0. The number of carbonyl (C=O) groups is 2. The van der Waals surface area contributed by atoms with E-state index in [0.717, 1.165) is 16.5 Å². The topological polar surface area (TPSA) is 82.4 Å². The van der Waals surface area contributed by atoms with Gasteiger partial charge >= 0.3 is 0 Å². The van der Waals surface area contributed by atoms with Gasteiger partial charge in [-0.05, 0) is 18.1 Å². The zero-order chi connectivity index (χ0) is 16.4. The van der Waals surface area contributed by atoms with Crippen LogP contribution in [0.15, 0.2) is 30.5 Å². The van der Waals surface area contributed by atoms with E-state index in [4.69, 9.17) is 5.73 Å². The molecule has 2 amide bonds. The molecular weight excluding hydrogens is 292 g/mol. The monoisotopic (exact) mass is 314 g/mol. The Hall–Kier alpha value is -2.34. The van der Waals surface area contributed by atoms with Crippen LogP contribution in [-0.2, 0) is 16.0 Å². The molecule has 3 N–H and O–H groups in total. The summed E-state index contributed by atoms with van der Waals surface area (Å²) in [7, 11) is 0. The van der Waals surface area contributed by atoms with Crippen molar-refractivity contribution in [1.29, 1.82) is 0 Å². The number of rotatable bonds is 3. The summed E-state index contributed by atoms with van der Waals surface area (Å²) in [6.45, 7) is 3.84. The van der Waals surface area contributed by atoms with Crippen molar-refractivity contribution in [1.82, 2.24) is 14.8 Å². The van der Waals surface area contributed by atoms with Crippen LogP contribution in [0.1, 0.15) is 12.5 Å². The lowest BCUT2D eigenvalue weighted by molar-refractivity contribution is -0.139. The van der Waals surface area contributed by atoms with Crippen molar-refractivity contribution < 1.29 is 9.59 Å². The summed E-state index contributed by atoms with van der Waals surface area (Å²) in [5.41, 5.74) is 8.25. The number of piperazine rings is 1. The summed E-state index contributed by atoms with van der Waals surface area (Å²) < 4.78 is 0. The molecule has 23 heavy (non-hydrogen) atoms. The van der Waals surface area contributed by atoms with Crippen molar-refractivity contribution in [3.8, 4) is 0 Å². The molecule has 0 saturated carbocycles. The van der Waals surface area contributed by atoms with E-state index in [1.165, 1.54) is 0 Å². The molecule has 6 nitrogen and oxygen atoms in total. The maximum atomic E-state index is 12.5. The highest BCUT2D eigenvalue weighted by Crippen LogP contribution is 2.19. The van der Waals surface area contributed by atoms with Crippen LogP contribution in [0.2, 0.25) is 0 Å². The van der Waals surface area contributed by atoms with E-state index in [0.29, 0.717) is 32.6 Å². The van der Waals surface area contributed by atoms with E-state index in [1.54, 1.807) is 16.7 Å². The number of nitrogens with one attached hydrogen (secondary N) is 1. The van der Waals surface area contributed by atoms with Gasteiger partial charge in [0.15, 0.2) is 0 Å². The van der Waals surface area contributed by atoms with Crippen LogP contribution in [-0.4, -0.2) is 58.8 Å². The number of hydrogen-bond donors (Lipinski definition) is 2. The Bertz CT molecular complexity index is 716. The average Bonchev–Trinajstić information content (AvgIpc) is 2.97. The third-order valence-corrected chi connectivity index (χ3v) is 4.47. The molecule has 0 radical (unpaired) electrons. The van der Waals surface area contributed by atoms with E-state index in [2.05, 4.69) is 4.98 Å². The first-order valence-electron chi connectivity index (χ1n) is 7.91. The number of benzene rings is 1. The number of fused-ring (bicyclic) bond motifs is 1. The lowest BCUT2D eigenvalue weighted by atomic mass is 10.0. The molecule has 1 aromatic carbocycles. The van der Waals surface area contributed by atoms with Crippen molar-refractivity contribution >= 4 is 22.7 Å². The molecule has 122 valence electrons. The van der Waals surface area contributed by atoms with Gasteiger partial charge in [-0.25, -0.2) is 0 Å². The summed E-state index contributed by atoms with van der Waals surface area (Å²) in [4.78, 5) is 30.6. The number of nitrogens with zero attached hydrogens (tertiary/aromatic N) is 2. The van der Waals surface area contributed by atoms with Gasteiger partial charge in [-0.2, -0.15) is 0 Å². The zero-order valence-corrected chi connectivity index (χ0v) is 13.3. The molecule has 0 bridgehead atoms. The molecule has 2 heterocycles. The van der Waals surface area contributed by atoms with Crippen molar-refractivity contribution in [3.63, 3.8) is 0 Å². The molecule has 0 unspecified atom stereocenters. The lowest BCUT2D eigenvalue weighted by Crippen LogP contribution is -2.54. The first kappa shape index (κ1) is 15.6. The van der Waals surface area contributed by atoms with E-state index >= 15 is 0 Å². The average molecular weight is 314 g/mol. The number of para-hydroxylation sites is 1. The quantitative estimate of drug-likeness (QED) is 0.876. The number of carbonyl (C=O) groups excluding carboxylic acids is 2. The highest BCUT2D eigenvalue weighted by atomic mass is 16.2. The van der Waals surface area contributed by atoms with Gasteiger partial charge < -0.3 is 20.5 Å². The minimum absolute atomic E-state index is 0.0431. The predicted octanol–water partition coefficient (Wildman–Crippen LogP) is 0.728. The van der Waals surface area contributed by atoms with Gasteiger partial charge in [0.05, 0.1) is 6.04 Å². The first-order chi connectivity index (χ1) is 11.1. The summed E-state index contributed by atoms with van der Waals surface area (Å²) in [5.74, 6) is 0.0127. The Kier molecular flexibility index (Phi) is 4.34. The molecule has 1 aliphatic rings. The minimum atomic E-state index is -0.557. The van der Waals surface area contributed by atoms with Crippen LogP contribution < -0.4 is 5.73 Å². The maximum absolute atomic E-state index is 12.5. The fraction of sp³-hybridized carbons (Fsp3) is 0.412. The molecule has 6 heteroatoms. The second kappa shape index (κ2) is 6.42. The second-order valence-electron chi connectivity index (χ2n) is 6.00. The van der Waals surface area contributed by atoms with Crippen LogP contribution in [0.25, 0.3) is 10.9 Å². The van der Waals surface area contributed by atoms with Gasteiger partial charge in [0.2, 0.25) is 11.8 Å². The molecule has 1 aromatic heterocycles. The van der Waals surface area contributed by atoms with Crippen LogP contribution in [0, 0.1) is 0 Å². The maximum Gasteiger partial charge on any atom is 0.239 e. The van der Waals surface area contributed by atoms with Gasteiger partial charge in [0.25, 0.3) is 0 Å². The SMILES string of the molecule is CC(=O)N1CCN(C(=O)[C@@H](N)Cc2c[nH]c3ccccc23)CC1. The highest BCUT2D eigenvalue weighted by molar-refractivity contribution is 5.86. The van der Waals surface area contributed by atoms with Crippen molar-refractivity contribution in [2.75, 3.05) is 26.2 Å². The Morgan fingerprint density at radius 1 is 1.17 bits per heavy atom. The minimum Gasteiger partial charge on any atom is -0.361 e. The smallest absolute Gasteiger partial charge is 0.239 e. The molecular formula is C17H22N4O2. The molecule has 1 aliphatic heterocycles. The molecule has 1 saturated heterocycles. The molecule has 0 spiro atoms. The Balaban J connectivity index is 1.63. The zero-order valence-electron chi connectivity index (χ0n) is 13.3. The number of H-pyrrole nitrogens is 1. The van der Waals surface area contributed by atoms with E-state index in [-0.39, 0.29) is 11.8 Å². The summed E-state index contributed by atoms with van der Waals surface area (Å²) in [6.07, 6.45) is 2.43.